The predicted molar refractivity (Wildman–Crippen MR) is 78.9 cm³/mol. The van der Waals surface area contributed by atoms with Gasteiger partial charge in [-0.3, -0.25) is 9.69 Å². The molecule has 22 heavy (non-hydrogen) atoms. The second-order valence-corrected chi connectivity index (χ2v) is 5.44. The fourth-order valence-corrected chi connectivity index (χ4v) is 2.52. The van der Waals surface area contributed by atoms with Crippen molar-refractivity contribution in [2.45, 2.75) is 13.1 Å². The summed E-state index contributed by atoms with van der Waals surface area (Å²) in [4.78, 5) is 15.6. The van der Waals surface area contributed by atoms with E-state index in [4.69, 9.17) is 0 Å². The lowest BCUT2D eigenvalue weighted by molar-refractivity contribution is -0.139. The van der Waals surface area contributed by atoms with E-state index in [1.165, 1.54) is 11.3 Å². The SMILES string of the molecule is Cc1ccccc1N1CCN(CC(=O)NCC(F)(F)F)CC1. The van der Waals surface area contributed by atoms with E-state index in [1.54, 1.807) is 0 Å². The van der Waals surface area contributed by atoms with Crippen LogP contribution in [0.1, 0.15) is 5.56 Å². The number of nitrogens with zero attached hydrogens (tertiary/aromatic N) is 2. The third-order valence-corrected chi connectivity index (χ3v) is 3.68. The molecule has 0 radical (unpaired) electrons. The van der Waals surface area contributed by atoms with Crippen LogP contribution in [0.15, 0.2) is 24.3 Å². The average Bonchev–Trinajstić information content (AvgIpc) is 2.46. The molecule has 7 heteroatoms. The van der Waals surface area contributed by atoms with E-state index in [1.807, 2.05) is 35.3 Å². The quantitative estimate of drug-likeness (QED) is 0.920. The van der Waals surface area contributed by atoms with Crippen LogP contribution in [0, 0.1) is 6.92 Å². The topological polar surface area (TPSA) is 35.6 Å². The molecule has 1 saturated heterocycles. The normalized spacial score (nSPS) is 16.6. The maximum atomic E-state index is 12.0. The second kappa shape index (κ2) is 7.00. The maximum absolute atomic E-state index is 12.0. The summed E-state index contributed by atoms with van der Waals surface area (Å²) in [5.74, 6) is -0.582. The fraction of sp³-hybridized carbons (Fsp3) is 0.533. The number of para-hydroxylation sites is 1. The van der Waals surface area contributed by atoms with Crippen molar-refractivity contribution >= 4 is 11.6 Å². The van der Waals surface area contributed by atoms with Gasteiger partial charge in [-0.1, -0.05) is 18.2 Å². The average molecular weight is 315 g/mol. The lowest BCUT2D eigenvalue weighted by atomic mass is 10.1. The van der Waals surface area contributed by atoms with Crippen LogP contribution in [0.3, 0.4) is 0 Å². The van der Waals surface area contributed by atoms with Gasteiger partial charge >= 0.3 is 6.18 Å². The molecule has 0 atom stereocenters. The van der Waals surface area contributed by atoms with Crippen molar-refractivity contribution in [3.8, 4) is 0 Å². The number of halogens is 3. The van der Waals surface area contributed by atoms with E-state index >= 15 is 0 Å². The van der Waals surface area contributed by atoms with Gasteiger partial charge < -0.3 is 10.2 Å². The van der Waals surface area contributed by atoms with Crippen molar-refractivity contribution in [1.82, 2.24) is 10.2 Å². The second-order valence-electron chi connectivity index (χ2n) is 5.44. The van der Waals surface area contributed by atoms with Crippen LogP contribution in [-0.4, -0.2) is 56.3 Å². The van der Waals surface area contributed by atoms with Gasteiger partial charge in [-0.05, 0) is 18.6 Å². The minimum atomic E-state index is -4.36. The Hall–Kier alpha value is -1.76. The Morgan fingerprint density at radius 1 is 1.18 bits per heavy atom. The third kappa shape index (κ3) is 4.91. The van der Waals surface area contributed by atoms with Crippen LogP contribution in [-0.2, 0) is 4.79 Å². The number of benzene rings is 1. The van der Waals surface area contributed by atoms with E-state index < -0.39 is 18.6 Å². The molecule has 1 aliphatic rings. The summed E-state index contributed by atoms with van der Waals surface area (Å²) < 4.78 is 36.1. The lowest BCUT2D eigenvalue weighted by Crippen LogP contribution is -2.50. The molecule has 0 aliphatic carbocycles. The summed E-state index contributed by atoms with van der Waals surface area (Å²) >= 11 is 0. The van der Waals surface area contributed by atoms with Gasteiger partial charge in [0, 0.05) is 31.9 Å². The fourth-order valence-electron chi connectivity index (χ4n) is 2.52. The number of aryl methyl sites for hydroxylation is 1. The molecule has 0 aromatic heterocycles. The minimum absolute atomic E-state index is 0.0116. The number of amides is 1. The predicted octanol–water partition coefficient (Wildman–Crippen LogP) is 1.80. The molecule has 0 spiro atoms. The molecule has 1 fully saturated rings. The van der Waals surface area contributed by atoms with Gasteiger partial charge in [0.1, 0.15) is 6.54 Å². The van der Waals surface area contributed by atoms with Crippen LogP contribution in [0.25, 0.3) is 0 Å². The highest BCUT2D eigenvalue weighted by Crippen LogP contribution is 2.20. The maximum Gasteiger partial charge on any atom is 0.405 e. The van der Waals surface area contributed by atoms with E-state index in [9.17, 15) is 18.0 Å². The van der Waals surface area contributed by atoms with Crippen LogP contribution in [0.2, 0.25) is 0 Å². The molecule has 122 valence electrons. The van der Waals surface area contributed by atoms with Gasteiger partial charge in [-0.25, -0.2) is 0 Å². The first-order valence-corrected chi connectivity index (χ1v) is 7.21. The van der Waals surface area contributed by atoms with Crippen LogP contribution >= 0.6 is 0 Å². The molecular formula is C15H20F3N3O. The van der Waals surface area contributed by atoms with Crippen LogP contribution < -0.4 is 10.2 Å². The van der Waals surface area contributed by atoms with Gasteiger partial charge in [0.2, 0.25) is 5.91 Å². The van der Waals surface area contributed by atoms with E-state index in [2.05, 4.69) is 11.0 Å². The zero-order chi connectivity index (χ0) is 16.2. The Kier molecular flexibility index (Phi) is 5.28. The Labute approximate surface area is 127 Å². The summed E-state index contributed by atoms with van der Waals surface area (Å²) in [5, 5.41) is 1.90. The monoisotopic (exact) mass is 315 g/mol. The molecule has 1 amide bonds. The number of hydrogen-bond donors (Lipinski definition) is 1. The number of alkyl halides is 3. The molecule has 1 N–H and O–H groups in total. The number of anilines is 1. The highest BCUT2D eigenvalue weighted by atomic mass is 19.4. The smallest absolute Gasteiger partial charge is 0.369 e. The Balaban J connectivity index is 1.78. The molecule has 1 aromatic rings. The van der Waals surface area contributed by atoms with Crippen molar-refractivity contribution in [3.63, 3.8) is 0 Å². The number of nitrogens with one attached hydrogen (secondary N) is 1. The number of hydrogen-bond acceptors (Lipinski definition) is 3. The minimum Gasteiger partial charge on any atom is -0.369 e. The summed E-state index contributed by atoms with van der Waals surface area (Å²) in [5.41, 5.74) is 2.36. The van der Waals surface area contributed by atoms with Gasteiger partial charge in [0.15, 0.2) is 0 Å². The molecule has 4 nitrogen and oxygen atoms in total. The van der Waals surface area contributed by atoms with Crippen LogP contribution in [0.4, 0.5) is 18.9 Å². The molecule has 0 bridgehead atoms. The zero-order valence-electron chi connectivity index (χ0n) is 12.5. The Morgan fingerprint density at radius 2 is 1.82 bits per heavy atom. The summed E-state index contributed by atoms with van der Waals surface area (Å²) in [7, 11) is 0. The first kappa shape index (κ1) is 16.6. The standard InChI is InChI=1S/C15H20F3N3O/c1-12-4-2-3-5-13(12)21-8-6-20(7-9-21)10-14(22)19-11-15(16,17)18/h2-5H,6-11H2,1H3,(H,19,22). The first-order chi connectivity index (χ1) is 10.3. The zero-order valence-corrected chi connectivity index (χ0v) is 12.5. The highest BCUT2D eigenvalue weighted by Gasteiger charge is 2.28. The molecule has 1 aliphatic heterocycles. The molecule has 0 unspecified atom stereocenters. The van der Waals surface area contributed by atoms with E-state index in [0.717, 1.165) is 13.1 Å². The summed E-state index contributed by atoms with van der Waals surface area (Å²) in [6.07, 6.45) is -4.36. The van der Waals surface area contributed by atoms with Crippen molar-refractivity contribution in [3.05, 3.63) is 29.8 Å². The lowest BCUT2D eigenvalue weighted by Gasteiger charge is -2.36. The summed E-state index contributed by atoms with van der Waals surface area (Å²) in [6, 6.07) is 8.08. The van der Waals surface area contributed by atoms with Gasteiger partial charge in [0.25, 0.3) is 0 Å². The van der Waals surface area contributed by atoms with Crippen molar-refractivity contribution in [1.29, 1.82) is 0 Å². The highest BCUT2D eigenvalue weighted by molar-refractivity contribution is 5.78. The summed E-state index contributed by atoms with van der Waals surface area (Å²) in [6.45, 7) is 3.63. The van der Waals surface area contributed by atoms with Gasteiger partial charge in [0.05, 0.1) is 6.54 Å². The largest absolute Gasteiger partial charge is 0.405 e. The number of piperazine rings is 1. The Bertz CT molecular complexity index is 511. The van der Waals surface area contributed by atoms with Gasteiger partial charge in [-0.2, -0.15) is 13.2 Å². The third-order valence-electron chi connectivity index (χ3n) is 3.68. The molecule has 1 aromatic carbocycles. The number of carbonyl (C=O) groups excluding carboxylic acids is 1. The molecule has 1 heterocycles. The Morgan fingerprint density at radius 3 is 2.41 bits per heavy atom. The molecule has 0 saturated carbocycles. The first-order valence-electron chi connectivity index (χ1n) is 7.21. The molecular weight excluding hydrogens is 295 g/mol. The van der Waals surface area contributed by atoms with Crippen molar-refractivity contribution < 1.29 is 18.0 Å². The molecule has 2 rings (SSSR count). The van der Waals surface area contributed by atoms with E-state index in [-0.39, 0.29) is 6.54 Å². The van der Waals surface area contributed by atoms with Gasteiger partial charge in [-0.15, -0.1) is 0 Å². The van der Waals surface area contributed by atoms with Crippen LogP contribution in [0.5, 0.6) is 0 Å². The number of carbonyl (C=O) groups is 1. The van der Waals surface area contributed by atoms with Crippen molar-refractivity contribution in [2.75, 3.05) is 44.2 Å². The van der Waals surface area contributed by atoms with Crippen molar-refractivity contribution in [2.24, 2.45) is 0 Å². The van der Waals surface area contributed by atoms with E-state index in [0.29, 0.717) is 13.1 Å². The number of rotatable bonds is 4.